The minimum Gasteiger partial charge on any atom is -0.317 e. The maximum Gasteiger partial charge on any atom is 0.304 e. The van der Waals surface area contributed by atoms with Crippen LogP contribution < -0.4 is 10.2 Å². The van der Waals surface area contributed by atoms with Gasteiger partial charge < -0.3 is 10.3 Å². The van der Waals surface area contributed by atoms with Crippen molar-refractivity contribution in [2.45, 2.75) is 19.9 Å². The van der Waals surface area contributed by atoms with Crippen LogP contribution in [0, 0.1) is 5.92 Å². The second kappa shape index (κ2) is 5.61. The van der Waals surface area contributed by atoms with Gasteiger partial charge in [0.25, 0.3) is 0 Å². The molecule has 1 aliphatic heterocycles. The molecule has 0 aliphatic carbocycles. The Labute approximate surface area is 99.7 Å². The summed E-state index contributed by atoms with van der Waals surface area (Å²) < 4.78 is 0. The van der Waals surface area contributed by atoms with Crippen LogP contribution in [0.3, 0.4) is 0 Å². The number of nitrogens with one attached hydrogen (secondary N) is 2. The standard InChI is InChI=1S/C11H19N3OS/c1-2-12-5-9-3-4-14(6-9)7-10-8-16-11(15)13-10/h8-9,12H,2-7H2,1H3,(H,13,15). The summed E-state index contributed by atoms with van der Waals surface area (Å²) in [6, 6.07) is 0. The van der Waals surface area contributed by atoms with E-state index in [2.05, 4.69) is 22.1 Å². The van der Waals surface area contributed by atoms with Crippen molar-refractivity contribution in [1.29, 1.82) is 0 Å². The van der Waals surface area contributed by atoms with Crippen molar-refractivity contribution < 1.29 is 0 Å². The average Bonchev–Trinajstić information content (AvgIpc) is 2.86. The molecule has 2 rings (SSSR count). The lowest BCUT2D eigenvalue weighted by atomic mass is 10.1. The third-order valence-electron chi connectivity index (χ3n) is 3.02. The first-order valence-corrected chi connectivity index (χ1v) is 6.75. The van der Waals surface area contributed by atoms with E-state index in [1.165, 1.54) is 17.8 Å². The maximum absolute atomic E-state index is 11.0. The van der Waals surface area contributed by atoms with Crippen LogP contribution in [-0.4, -0.2) is 36.1 Å². The maximum atomic E-state index is 11.0. The second-order valence-electron chi connectivity index (χ2n) is 4.37. The van der Waals surface area contributed by atoms with Crippen LogP contribution in [0.5, 0.6) is 0 Å². The minimum atomic E-state index is 0.0541. The Morgan fingerprint density at radius 3 is 3.25 bits per heavy atom. The summed E-state index contributed by atoms with van der Waals surface area (Å²) in [7, 11) is 0. The number of aromatic nitrogens is 1. The van der Waals surface area contributed by atoms with Crippen molar-refractivity contribution in [2.75, 3.05) is 26.2 Å². The molecule has 1 unspecified atom stereocenters. The summed E-state index contributed by atoms with van der Waals surface area (Å²) in [5.74, 6) is 0.769. The van der Waals surface area contributed by atoms with Gasteiger partial charge in [-0.3, -0.25) is 9.69 Å². The zero-order chi connectivity index (χ0) is 11.4. The highest BCUT2D eigenvalue weighted by atomic mass is 32.1. The predicted molar refractivity (Wildman–Crippen MR) is 66.9 cm³/mol. The number of nitrogens with zero attached hydrogens (tertiary/aromatic N) is 1. The second-order valence-corrected chi connectivity index (χ2v) is 5.21. The minimum absolute atomic E-state index is 0.0541. The Kier molecular flexibility index (Phi) is 4.15. The van der Waals surface area contributed by atoms with Crippen LogP contribution in [0.25, 0.3) is 0 Å². The number of hydrogen-bond acceptors (Lipinski definition) is 4. The van der Waals surface area contributed by atoms with Gasteiger partial charge in [0.2, 0.25) is 0 Å². The third-order valence-corrected chi connectivity index (χ3v) is 3.74. The van der Waals surface area contributed by atoms with Crippen molar-refractivity contribution in [2.24, 2.45) is 5.92 Å². The summed E-state index contributed by atoms with van der Waals surface area (Å²) in [5.41, 5.74) is 1.05. The van der Waals surface area contributed by atoms with E-state index in [1.807, 2.05) is 5.38 Å². The number of H-pyrrole nitrogens is 1. The number of likely N-dealkylation sites (tertiary alicyclic amines) is 1. The van der Waals surface area contributed by atoms with Crippen LogP contribution in [0.2, 0.25) is 0 Å². The monoisotopic (exact) mass is 241 g/mol. The molecule has 16 heavy (non-hydrogen) atoms. The Morgan fingerprint density at radius 2 is 2.56 bits per heavy atom. The van der Waals surface area contributed by atoms with E-state index in [-0.39, 0.29) is 4.87 Å². The third kappa shape index (κ3) is 3.17. The SMILES string of the molecule is CCNCC1CCN(Cc2csc(=O)[nH]2)C1. The van der Waals surface area contributed by atoms with Gasteiger partial charge in [0.15, 0.2) is 0 Å². The summed E-state index contributed by atoms with van der Waals surface area (Å²) in [6.07, 6.45) is 1.27. The molecule has 2 heterocycles. The molecule has 5 heteroatoms. The molecule has 4 nitrogen and oxygen atoms in total. The van der Waals surface area contributed by atoms with Gasteiger partial charge in [-0.15, -0.1) is 0 Å². The summed E-state index contributed by atoms with van der Waals surface area (Å²) >= 11 is 1.25. The van der Waals surface area contributed by atoms with Gasteiger partial charge >= 0.3 is 4.87 Å². The zero-order valence-electron chi connectivity index (χ0n) is 9.66. The normalized spacial score (nSPS) is 21.7. The number of hydrogen-bond donors (Lipinski definition) is 2. The van der Waals surface area contributed by atoms with Gasteiger partial charge in [0.1, 0.15) is 0 Å². The lowest BCUT2D eigenvalue weighted by molar-refractivity contribution is 0.311. The van der Waals surface area contributed by atoms with E-state index < -0.39 is 0 Å². The molecular weight excluding hydrogens is 222 g/mol. The predicted octanol–water partition coefficient (Wildman–Crippen LogP) is 0.868. The first kappa shape index (κ1) is 11.8. The van der Waals surface area contributed by atoms with E-state index in [9.17, 15) is 4.79 Å². The van der Waals surface area contributed by atoms with Crippen LogP contribution >= 0.6 is 11.3 Å². The Bertz CT molecular complexity index is 373. The molecule has 0 bridgehead atoms. The molecule has 0 aromatic carbocycles. The summed E-state index contributed by atoms with van der Waals surface area (Å²) in [5, 5.41) is 5.33. The van der Waals surface area contributed by atoms with Gasteiger partial charge in [-0.2, -0.15) is 0 Å². The van der Waals surface area contributed by atoms with Crippen molar-refractivity contribution in [1.82, 2.24) is 15.2 Å². The van der Waals surface area contributed by atoms with E-state index in [0.29, 0.717) is 0 Å². The topological polar surface area (TPSA) is 48.1 Å². The van der Waals surface area contributed by atoms with Gasteiger partial charge in [0.05, 0.1) is 0 Å². The molecule has 1 aliphatic rings. The largest absolute Gasteiger partial charge is 0.317 e. The van der Waals surface area contributed by atoms with E-state index in [0.717, 1.165) is 44.3 Å². The first-order valence-electron chi connectivity index (χ1n) is 5.87. The molecule has 0 amide bonds. The molecule has 0 radical (unpaired) electrons. The van der Waals surface area contributed by atoms with Crippen molar-refractivity contribution >= 4 is 11.3 Å². The van der Waals surface area contributed by atoms with Gasteiger partial charge in [-0.25, -0.2) is 0 Å². The van der Waals surface area contributed by atoms with Crippen molar-refractivity contribution in [3.8, 4) is 0 Å². The zero-order valence-corrected chi connectivity index (χ0v) is 10.5. The Morgan fingerprint density at radius 1 is 1.69 bits per heavy atom. The summed E-state index contributed by atoms with van der Waals surface area (Å²) in [6.45, 7) is 7.49. The van der Waals surface area contributed by atoms with Gasteiger partial charge in [-0.05, 0) is 32.0 Å². The molecule has 1 aromatic rings. The van der Waals surface area contributed by atoms with Gasteiger partial charge in [-0.1, -0.05) is 18.3 Å². The number of thiazole rings is 1. The fourth-order valence-corrected chi connectivity index (χ4v) is 2.78. The van der Waals surface area contributed by atoms with E-state index >= 15 is 0 Å². The van der Waals surface area contributed by atoms with Crippen molar-refractivity contribution in [3.63, 3.8) is 0 Å². The van der Waals surface area contributed by atoms with Crippen LogP contribution in [0.15, 0.2) is 10.2 Å². The Balaban J connectivity index is 1.78. The molecule has 1 fully saturated rings. The molecular formula is C11H19N3OS. The lowest BCUT2D eigenvalue weighted by Gasteiger charge is -2.14. The quantitative estimate of drug-likeness (QED) is 0.804. The summed E-state index contributed by atoms with van der Waals surface area (Å²) in [4.78, 5) is 16.3. The first-order chi connectivity index (χ1) is 7.78. The molecule has 0 saturated carbocycles. The van der Waals surface area contributed by atoms with Crippen LogP contribution in [0.4, 0.5) is 0 Å². The highest BCUT2D eigenvalue weighted by Gasteiger charge is 2.22. The van der Waals surface area contributed by atoms with E-state index in [1.54, 1.807) is 0 Å². The van der Waals surface area contributed by atoms with Gasteiger partial charge in [0, 0.05) is 24.2 Å². The molecule has 1 aromatic heterocycles. The van der Waals surface area contributed by atoms with Crippen LogP contribution in [0.1, 0.15) is 19.0 Å². The van der Waals surface area contributed by atoms with Crippen molar-refractivity contribution in [3.05, 3.63) is 20.7 Å². The number of aromatic amines is 1. The number of rotatable bonds is 5. The Hall–Kier alpha value is -0.650. The lowest BCUT2D eigenvalue weighted by Crippen LogP contribution is -2.26. The van der Waals surface area contributed by atoms with E-state index in [4.69, 9.17) is 0 Å². The highest BCUT2D eigenvalue weighted by molar-refractivity contribution is 7.07. The molecule has 0 spiro atoms. The molecule has 1 atom stereocenters. The fraction of sp³-hybridized carbons (Fsp3) is 0.727. The highest BCUT2D eigenvalue weighted by Crippen LogP contribution is 2.17. The smallest absolute Gasteiger partial charge is 0.304 e. The molecule has 1 saturated heterocycles. The molecule has 90 valence electrons. The average molecular weight is 241 g/mol. The van der Waals surface area contributed by atoms with Crippen LogP contribution in [-0.2, 0) is 6.54 Å². The molecule has 2 N–H and O–H groups in total. The fourth-order valence-electron chi connectivity index (χ4n) is 2.20.